The fourth-order valence-corrected chi connectivity index (χ4v) is 1.85. The standard InChI is InChI=1S/C11H12N6O/c1-6-3-4-13-10-9(6)15-11(12)17(10)5-8-14-7(2)16-18-8/h3-4H,5H2,1-2H3,(H2,12,15). The van der Waals surface area contributed by atoms with Gasteiger partial charge < -0.3 is 10.3 Å². The Labute approximate surface area is 103 Å². The van der Waals surface area contributed by atoms with Gasteiger partial charge in [0.05, 0.1) is 0 Å². The minimum Gasteiger partial charge on any atom is -0.369 e. The van der Waals surface area contributed by atoms with Gasteiger partial charge in [-0.2, -0.15) is 4.98 Å². The molecule has 0 amide bonds. The largest absolute Gasteiger partial charge is 0.369 e. The normalized spacial score (nSPS) is 11.2. The molecule has 7 nitrogen and oxygen atoms in total. The summed E-state index contributed by atoms with van der Waals surface area (Å²) in [6, 6.07) is 1.90. The Morgan fingerprint density at radius 2 is 2.17 bits per heavy atom. The van der Waals surface area contributed by atoms with Gasteiger partial charge >= 0.3 is 0 Å². The lowest BCUT2D eigenvalue weighted by Gasteiger charge is -2.01. The number of hydrogen-bond acceptors (Lipinski definition) is 6. The number of pyridine rings is 1. The molecule has 0 spiro atoms. The van der Waals surface area contributed by atoms with Crippen molar-refractivity contribution in [2.75, 3.05) is 5.73 Å². The van der Waals surface area contributed by atoms with Crippen molar-refractivity contribution in [2.45, 2.75) is 20.4 Å². The maximum absolute atomic E-state index is 5.90. The van der Waals surface area contributed by atoms with Crippen molar-refractivity contribution < 1.29 is 4.52 Å². The second-order valence-corrected chi connectivity index (χ2v) is 4.09. The van der Waals surface area contributed by atoms with Crippen LogP contribution >= 0.6 is 0 Å². The monoisotopic (exact) mass is 244 g/mol. The molecule has 92 valence electrons. The predicted molar refractivity (Wildman–Crippen MR) is 64.8 cm³/mol. The Morgan fingerprint density at radius 3 is 2.89 bits per heavy atom. The second-order valence-electron chi connectivity index (χ2n) is 4.09. The number of nitrogens with zero attached hydrogens (tertiary/aromatic N) is 5. The van der Waals surface area contributed by atoms with Gasteiger partial charge in [0, 0.05) is 6.20 Å². The summed E-state index contributed by atoms with van der Waals surface area (Å²) in [7, 11) is 0. The van der Waals surface area contributed by atoms with Crippen molar-refractivity contribution in [3.05, 3.63) is 29.5 Å². The Morgan fingerprint density at radius 1 is 1.33 bits per heavy atom. The van der Waals surface area contributed by atoms with Crippen LogP contribution < -0.4 is 5.73 Å². The molecule has 0 radical (unpaired) electrons. The third-order valence-corrected chi connectivity index (χ3v) is 2.73. The van der Waals surface area contributed by atoms with Gasteiger partial charge in [0.25, 0.3) is 0 Å². The first-order chi connectivity index (χ1) is 8.65. The molecule has 0 aliphatic carbocycles. The number of hydrogen-bond donors (Lipinski definition) is 1. The molecule has 0 bridgehead atoms. The highest BCUT2D eigenvalue weighted by molar-refractivity contribution is 5.77. The minimum atomic E-state index is 0.375. The number of fused-ring (bicyclic) bond motifs is 1. The van der Waals surface area contributed by atoms with Gasteiger partial charge in [-0.15, -0.1) is 0 Å². The topological polar surface area (TPSA) is 95.7 Å². The van der Waals surface area contributed by atoms with E-state index < -0.39 is 0 Å². The molecule has 3 aromatic rings. The van der Waals surface area contributed by atoms with E-state index in [2.05, 4.69) is 20.1 Å². The van der Waals surface area contributed by atoms with Crippen LogP contribution in [0.25, 0.3) is 11.2 Å². The molecule has 7 heteroatoms. The lowest BCUT2D eigenvalue weighted by Crippen LogP contribution is -2.05. The number of aromatic nitrogens is 5. The number of anilines is 1. The van der Waals surface area contributed by atoms with Crippen LogP contribution in [0.1, 0.15) is 17.3 Å². The molecule has 0 aliphatic heterocycles. The lowest BCUT2D eigenvalue weighted by atomic mass is 10.3. The smallest absolute Gasteiger partial charge is 0.246 e. The number of nitrogens with two attached hydrogens (primary N) is 1. The first-order valence-electron chi connectivity index (χ1n) is 5.51. The molecule has 3 rings (SSSR count). The Kier molecular flexibility index (Phi) is 2.26. The molecule has 0 saturated heterocycles. The quantitative estimate of drug-likeness (QED) is 0.724. The van der Waals surface area contributed by atoms with Crippen LogP contribution in [-0.4, -0.2) is 24.7 Å². The summed E-state index contributed by atoms with van der Waals surface area (Å²) < 4.78 is 6.84. The summed E-state index contributed by atoms with van der Waals surface area (Å²) >= 11 is 0. The molecule has 0 saturated carbocycles. The number of aryl methyl sites for hydroxylation is 2. The van der Waals surface area contributed by atoms with Crippen LogP contribution in [-0.2, 0) is 6.54 Å². The summed E-state index contributed by atoms with van der Waals surface area (Å²) in [4.78, 5) is 12.7. The molecule has 0 fully saturated rings. The second kappa shape index (κ2) is 3.80. The molecule has 0 aliphatic rings. The first kappa shape index (κ1) is 10.7. The highest BCUT2D eigenvalue weighted by Crippen LogP contribution is 2.19. The molecule has 0 aromatic carbocycles. The number of nitrogen functional groups attached to an aromatic ring is 1. The fraction of sp³-hybridized carbons (Fsp3) is 0.273. The molecule has 0 unspecified atom stereocenters. The van der Waals surface area contributed by atoms with Gasteiger partial charge in [0.15, 0.2) is 11.5 Å². The summed E-state index contributed by atoms with van der Waals surface area (Å²) in [6.07, 6.45) is 1.73. The highest BCUT2D eigenvalue weighted by Gasteiger charge is 2.13. The van der Waals surface area contributed by atoms with E-state index in [1.807, 2.05) is 13.0 Å². The number of imidazole rings is 1. The fourth-order valence-electron chi connectivity index (χ4n) is 1.85. The molecule has 0 atom stereocenters. The van der Waals surface area contributed by atoms with E-state index in [0.29, 0.717) is 24.2 Å². The van der Waals surface area contributed by atoms with Crippen LogP contribution in [0.2, 0.25) is 0 Å². The zero-order valence-corrected chi connectivity index (χ0v) is 10.1. The molecule has 2 N–H and O–H groups in total. The third kappa shape index (κ3) is 1.60. The zero-order valence-electron chi connectivity index (χ0n) is 10.1. The van der Waals surface area contributed by atoms with E-state index in [0.717, 1.165) is 16.7 Å². The van der Waals surface area contributed by atoms with Gasteiger partial charge in [-0.1, -0.05) is 5.16 Å². The average molecular weight is 244 g/mol. The minimum absolute atomic E-state index is 0.375. The summed E-state index contributed by atoms with van der Waals surface area (Å²) in [6.45, 7) is 4.11. The van der Waals surface area contributed by atoms with Crippen molar-refractivity contribution in [2.24, 2.45) is 0 Å². The van der Waals surface area contributed by atoms with E-state index in [1.165, 1.54) is 0 Å². The van der Waals surface area contributed by atoms with Crippen molar-refractivity contribution >= 4 is 17.1 Å². The molecular formula is C11H12N6O. The summed E-state index contributed by atoms with van der Waals surface area (Å²) in [5.74, 6) is 1.47. The van der Waals surface area contributed by atoms with Crippen LogP contribution in [0.4, 0.5) is 5.95 Å². The Balaban J connectivity index is 2.11. The van der Waals surface area contributed by atoms with Gasteiger partial charge in [-0.25, -0.2) is 9.97 Å². The van der Waals surface area contributed by atoms with Gasteiger partial charge in [0.1, 0.15) is 12.1 Å². The van der Waals surface area contributed by atoms with Crippen molar-refractivity contribution in [3.8, 4) is 0 Å². The SMILES string of the molecule is Cc1noc(Cn2c(N)nc3c(C)ccnc32)n1. The first-order valence-corrected chi connectivity index (χ1v) is 5.51. The van der Waals surface area contributed by atoms with Crippen LogP contribution in [0.5, 0.6) is 0 Å². The van der Waals surface area contributed by atoms with Crippen LogP contribution in [0.3, 0.4) is 0 Å². The molecular weight excluding hydrogens is 232 g/mol. The van der Waals surface area contributed by atoms with Gasteiger partial charge in [-0.3, -0.25) is 4.57 Å². The van der Waals surface area contributed by atoms with E-state index in [9.17, 15) is 0 Å². The van der Waals surface area contributed by atoms with Gasteiger partial charge in [0.2, 0.25) is 11.8 Å². The Hall–Kier alpha value is -2.44. The van der Waals surface area contributed by atoms with Crippen LogP contribution in [0.15, 0.2) is 16.8 Å². The van der Waals surface area contributed by atoms with E-state index in [1.54, 1.807) is 17.7 Å². The van der Waals surface area contributed by atoms with E-state index in [-0.39, 0.29) is 0 Å². The summed E-state index contributed by atoms with van der Waals surface area (Å²) in [5, 5.41) is 3.74. The maximum atomic E-state index is 5.90. The molecule has 18 heavy (non-hydrogen) atoms. The molecule has 3 heterocycles. The maximum Gasteiger partial charge on any atom is 0.246 e. The summed E-state index contributed by atoms with van der Waals surface area (Å²) in [5.41, 5.74) is 8.46. The predicted octanol–water partition coefficient (Wildman–Crippen LogP) is 1.06. The number of rotatable bonds is 2. The Bertz CT molecular complexity index is 713. The van der Waals surface area contributed by atoms with Crippen molar-refractivity contribution in [3.63, 3.8) is 0 Å². The zero-order chi connectivity index (χ0) is 12.7. The van der Waals surface area contributed by atoms with Crippen molar-refractivity contribution in [1.29, 1.82) is 0 Å². The average Bonchev–Trinajstić information content (AvgIpc) is 2.87. The van der Waals surface area contributed by atoms with Gasteiger partial charge in [-0.05, 0) is 25.5 Å². The van der Waals surface area contributed by atoms with E-state index in [4.69, 9.17) is 10.3 Å². The van der Waals surface area contributed by atoms with Crippen molar-refractivity contribution in [1.82, 2.24) is 24.7 Å². The van der Waals surface area contributed by atoms with E-state index >= 15 is 0 Å². The highest BCUT2D eigenvalue weighted by atomic mass is 16.5. The third-order valence-electron chi connectivity index (χ3n) is 2.73. The lowest BCUT2D eigenvalue weighted by molar-refractivity contribution is 0.369. The van der Waals surface area contributed by atoms with Crippen LogP contribution in [0, 0.1) is 13.8 Å². The molecule has 3 aromatic heterocycles.